The van der Waals surface area contributed by atoms with Gasteiger partial charge >= 0.3 is 5.97 Å². The molecule has 0 amide bonds. The highest BCUT2D eigenvalue weighted by molar-refractivity contribution is 6.31. The first-order chi connectivity index (χ1) is 15.1. The second-order valence-corrected chi connectivity index (χ2v) is 8.21. The average Bonchev–Trinajstić information content (AvgIpc) is 3.34. The summed E-state index contributed by atoms with van der Waals surface area (Å²) in [7, 11) is 0. The zero-order chi connectivity index (χ0) is 21.0. The maximum atomic E-state index is 12.2. The van der Waals surface area contributed by atoms with Crippen molar-refractivity contribution in [2.45, 2.75) is 18.4 Å². The Kier molecular flexibility index (Phi) is 3.92. The number of anilines is 1. The summed E-state index contributed by atoms with van der Waals surface area (Å²) in [6, 6.07) is 15.1. The Labute approximate surface area is 183 Å². The van der Waals surface area contributed by atoms with Gasteiger partial charge in [-0.1, -0.05) is 17.7 Å². The van der Waals surface area contributed by atoms with Gasteiger partial charge in [0.05, 0.1) is 17.2 Å². The van der Waals surface area contributed by atoms with Crippen LogP contribution in [0.2, 0.25) is 5.02 Å². The summed E-state index contributed by atoms with van der Waals surface area (Å²) in [4.78, 5) is 31.3. The summed E-state index contributed by atoms with van der Waals surface area (Å²) < 4.78 is 5.74. The van der Waals surface area contributed by atoms with E-state index in [9.17, 15) is 4.79 Å². The Morgan fingerprint density at radius 1 is 1.16 bits per heavy atom. The number of hydrogen-bond donors (Lipinski definition) is 1. The lowest BCUT2D eigenvalue weighted by molar-refractivity contribution is -0.0229. The van der Waals surface area contributed by atoms with Gasteiger partial charge < -0.3 is 14.6 Å². The second-order valence-electron chi connectivity index (χ2n) is 7.77. The van der Waals surface area contributed by atoms with E-state index in [2.05, 4.69) is 37.0 Å². The van der Waals surface area contributed by atoms with Crippen molar-refractivity contribution in [1.29, 1.82) is 0 Å². The van der Waals surface area contributed by atoms with Crippen LogP contribution < -0.4 is 4.90 Å². The number of H-pyrrole nitrogens is 1. The van der Waals surface area contributed by atoms with Crippen molar-refractivity contribution in [2.75, 3.05) is 18.0 Å². The predicted octanol–water partition coefficient (Wildman–Crippen LogP) is 3.94. The van der Waals surface area contributed by atoms with E-state index in [-0.39, 0.29) is 5.97 Å². The molecule has 3 aromatic heterocycles. The van der Waals surface area contributed by atoms with Gasteiger partial charge in [0.2, 0.25) is 0 Å². The third kappa shape index (κ3) is 2.91. The van der Waals surface area contributed by atoms with Crippen molar-refractivity contribution in [1.82, 2.24) is 19.9 Å². The lowest BCUT2D eigenvalue weighted by atomic mass is 9.87. The van der Waals surface area contributed by atoms with Gasteiger partial charge in [-0.05, 0) is 36.4 Å². The molecule has 1 fully saturated rings. The van der Waals surface area contributed by atoms with Crippen LogP contribution in [0.5, 0.6) is 0 Å². The number of aromatic amines is 1. The van der Waals surface area contributed by atoms with E-state index in [0.29, 0.717) is 42.2 Å². The van der Waals surface area contributed by atoms with Crippen LogP contribution in [0.3, 0.4) is 0 Å². The van der Waals surface area contributed by atoms with Crippen molar-refractivity contribution in [3.05, 3.63) is 71.1 Å². The summed E-state index contributed by atoms with van der Waals surface area (Å²) >= 11 is 6.06. The molecule has 5 heterocycles. The minimum absolute atomic E-state index is 0.359. The van der Waals surface area contributed by atoms with Gasteiger partial charge in [-0.3, -0.25) is 0 Å². The molecule has 2 aliphatic rings. The van der Waals surface area contributed by atoms with Gasteiger partial charge in [0.25, 0.3) is 0 Å². The maximum absolute atomic E-state index is 12.2. The highest BCUT2D eigenvalue weighted by Crippen LogP contribution is 2.42. The van der Waals surface area contributed by atoms with Gasteiger partial charge in [-0.15, -0.1) is 0 Å². The Bertz CT molecular complexity index is 1310. The minimum Gasteiger partial charge on any atom is -0.448 e. The van der Waals surface area contributed by atoms with Crippen molar-refractivity contribution >= 4 is 34.4 Å². The Morgan fingerprint density at radius 3 is 2.84 bits per heavy atom. The number of rotatable bonds is 2. The number of nitrogens with zero attached hydrogens (tertiary/aromatic N) is 4. The van der Waals surface area contributed by atoms with Crippen LogP contribution in [0.4, 0.5) is 5.82 Å². The number of fused-ring (bicyclic) bond motifs is 3. The number of nitrogens with one attached hydrogen (secondary N) is 1. The molecule has 4 aromatic rings. The predicted molar refractivity (Wildman–Crippen MR) is 115 cm³/mol. The third-order valence-corrected chi connectivity index (χ3v) is 6.21. The van der Waals surface area contributed by atoms with E-state index in [4.69, 9.17) is 16.3 Å². The van der Waals surface area contributed by atoms with Gasteiger partial charge in [0.1, 0.15) is 22.9 Å². The standard InChI is InChI=1S/C23H16ClN5O2/c24-15-4-5-17-18(12-15)28-21(27-17)14-3-6-19(26-13-14)29-10-7-23(8-11-29)20-16(22(30)31-23)2-1-9-25-20/h3-6,9,12-13H,7-8,10-11H2,(H,27,28). The molecule has 2 aliphatic heterocycles. The van der Waals surface area contributed by atoms with Crippen molar-refractivity contribution < 1.29 is 9.53 Å². The first-order valence-corrected chi connectivity index (χ1v) is 10.4. The topological polar surface area (TPSA) is 84.0 Å². The molecule has 152 valence electrons. The number of piperidine rings is 1. The zero-order valence-electron chi connectivity index (χ0n) is 16.4. The first kappa shape index (κ1) is 18.2. The molecular formula is C23H16ClN5O2. The lowest BCUT2D eigenvalue weighted by Crippen LogP contribution is -2.43. The molecule has 8 heteroatoms. The molecule has 1 spiro atoms. The number of imidazole rings is 1. The Hall–Kier alpha value is -3.63. The third-order valence-electron chi connectivity index (χ3n) is 5.98. The normalized spacial score (nSPS) is 16.9. The van der Waals surface area contributed by atoms with E-state index in [0.717, 1.165) is 28.2 Å². The van der Waals surface area contributed by atoms with Gasteiger partial charge in [0, 0.05) is 42.7 Å². The average molecular weight is 430 g/mol. The summed E-state index contributed by atoms with van der Waals surface area (Å²) in [5, 5.41) is 0.667. The number of halogens is 1. The van der Waals surface area contributed by atoms with Crippen LogP contribution in [-0.4, -0.2) is 39.0 Å². The first-order valence-electron chi connectivity index (χ1n) is 10.0. The summed E-state index contributed by atoms with van der Waals surface area (Å²) in [5.74, 6) is 1.27. The number of ether oxygens (including phenoxy) is 1. The smallest absolute Gasteiger partial charge is 0.349 e. The molecule has 31 heavy (non-hydrogen) atoms. The van der Waals surface area contributed by atoms with Crippen molar-refractivity contribution in [3.8, 4) is 11.4 Å². The molecule has 0 unspecified atom stereocenters. The molecule has 1 aromatic carbocycles. The number of carbonyl (C=O) groups is 1. The van der Waals surface area contributed by atoms with E-state index in [1.165, 1.54) is 0 Å². The summed E-state index contributed by atoms with van der Waals surface area (Å²) in [5.41, 5.74) is 3.08. The van der Waals surface area contributed by atoms with Gasteiger partial charge in [0.15, 0.2) is 5.60 Å². The molecule has 0 bridgehead atoms. The monoisotopic (exact) mass is 429 g/mol. The van der Waals surface area contributed by atoms with Gasteiger partial charge in [-0.25, -0.2) is 19.7 Å². The highest BCUT2D eigenvalue weighted by atomic mass is 35.5. The quantitative estimate of drug-likeness (QED) is 0.486. The van der Waals surface area contributed by atoms with Crippen molar-refractivity contribution in [2.24, 2.45) is 0 Å². The number of aromatic nitrogens is 4. The van der Waals surface area contributed by atoms with E-state index < -0.39 is 5.60 Å². The SMILES string of the molecule is O=C1OC2(CCN(c3ccc(-c4nc5ccc(Cl)cc5[nH]4)cn3)CC2)c2ncc#cc21. The molecule has 6 rings (SSSR count). The number of hydrogen-bond acceptors (Lipinski definition) is 6. The van der Waals surface area contributed by atoms with Crippen LogP contribution >= 0.6 is 11.6 Å². The van der Waals surface area contributed by atoms with E-state index in [1.54, 1.807) is 6.20 Å². The fraction of sp³-hybridized carbons (Fsp3) is 0.217. The van der Waals surface area contributed by atoms with Crippen LogP contribution in [-0.2, 0) is 10.3 Å². The van der Waals surface area contributed by atoms with Crippen LogP contribution in [0.25, 0.3) is 22.4 Å². The summed E-state index contributed by atoms with van der Waals surface area (Å²) in [6.07, 6.45) is 4.67. The zero-order valence-corrected chi connectivity index (χ0v) is 17.1. The fourth-order valence-electron chi connectivity index (χ4n) is 4.36. The van der Waals surface area contributed by atoms with E-state index in [1.807, 2.05) is 36.5 Å². The highest BCUT2D eigenvalue weighted by Gasteiger charge is 2.49. The number of carbonyl (C=O) groups excluding carboxylic acids is 1. The largest absolute Gasteiger partial charge is 0.448 e. The number of esters is 1. The molecule has 0 radical (unpaired) electrons. The maximum Gasteiger partial charge on any atom is 0.349 e. The molecule has 1 saturated heterocycles. The minimum atomic E-state index is -0.663. The molecular weight excluding hydrogens is 414 g/mol. The van der Waals surface area contributed by atoms with Crippen LogP contribution in [0.1, 0.15) is 28.9 Å². The molecule has 7 nitrogen and oxygen atoms in total. The molecule has 0 aliphatic carbocycles. The molecule has 1 N–H and O–H groups in total. The molecule has 0 saturated carbocycles. The number of pyridine rings is 1. The molecule has 0 atom stereocenters. The Balaban J connectivity index is 1.21. The second kappa shape index (κ2) is 6.69. The van der Waals surface area contributed by atoms with Gasteiger partial charge in [-0.2, -0.15) is 0 Å². The van der Waals surface area contributed by atoms with Crippen LogP contribution in [0, 0.1) is 12.1 Å². The van der Waals surface area contributed by atoms with E-state index >= 15 is 0 Å². The number of benzene rings is 1. The summed E-state index contributed by atoms with van der Waals surface area (Å²) in [6.45, 7) is 1.42. The Morgan fingerprint density at radius 2 is 2.03 bits per heavy atom. The fourth-order valence-corrected chi connectivity index (χ4v) is 4.53. The van der Waals surface area contributed by atoms with Crippen molar-refractivity contribution in [3.63, 3.8) is 0 Å². The van der Waals surface area contributed by atoms with Crippen LogP contribution in [0.15, 0.2) is 42.7 Å². The lowest BCUT2D eigenvalue weighted by Gasteiger charge is -2.38.